The molecule has 1 unspecified atom stereocenters. The van der Waals surface area contributed by atoms with Gasteiger partial charge in [-0.15, -0.1) is 0 Å². The highest BCUT2D eigenvalue weighted by Crippen LogP contribution is 2.33. The van der Waals surface area contributed by atoms with Crippen LogP contribution in [-0.2, 0) is 35.3 Å². The van der Waals surface area contributed by atoms with Gasteiger partial charge in [-0.25, -0.2) is 0 Å². The Hall–Kier alpha value is -2.67. The van der Waals surface area contributed by atoms with Gasteiger partial charge in [0.15, 0.2) is 0 Å². The number of rotatable bonds is 10. The molecule has 1 aliphatic rings. The van der Waals surface area contributed by atoms with Crippen molar-refractivity contribution in [3.8, 4) is 0 Å². The highest BCUT2D eigenvalue weighted by molar-refractivity contribution is 5.26. The third kappa shape index (κ3) is 7.17. The van der Waals surface area contributed by atoms with Gasteiger partial charge >= 0.3 is 6.18 Å². The number of halogens is 3. The van der Waals surface area contributed by atoms with Crippen LogP contribution in [0.25, 0.3) is 0 Å². The second-order valence-electron chi connectivity index (χ2n) is 9.09. The molecule has 35 heavy (non-hydrogen) atoms. The molecule has 3 aromatic carbocycles. The molecule has 3 nitrogen and oxygen atoms in total. The molecule has 1 fully saturated rings. The molecule has 0 spiro atoms. The van der Waals surface area contributed by atoms with Crippen LogP contribution in [0.3, 0.4) is 0 Å². The molecule has 4 rings (SSSR count). The Bertz CT molecular complexity index is 1040. The van der Waals surface area contributed by atoms with E-state index in [1.807, 2.05) is 60.7 Å². The van der Waals surface area contributed by atoms with Crippen LogP contribution < -0.4 is 0 Å². The van der Waals surface area contributed by atoms with Crippen molar-refractivity contribution in [2.75, 3.05) is 19.7 Å². The minimum atomic E-state index is -4.34. The lowest BCUT2D eigenvalue weighted by atomic mass is 9.97. The standard InChI is InChI=1S/C29H32F3NO2/c30-29(31,32)27-15-9-14-24(20-27)16-19-33-18-8-7-17-28(33,35-22-26-12-5-2-6-13-26)23-34-21-25-10-3-1-4-11-25/h1-6,9-15,20H,7-8,16-19,21-23H2. The average Bonchev–Trinajstić information content (AvgIpc) is 2.88. The first kappa shape index (κ1) is 25.4. The topological polar surface area (TPSA) is 21.7 Å². The van der Waals surface area contributed by atoms with Gasteiger partial charge in [0.1, 0.15) is 5.72 Å². The number of ether oxygens (including phenoxy) is 2. The number of hydrogen-bond acceptors (Lipinski definition) is 3. The van der Waals surface area contributed by atoms with E-state index in [0.717, 1.165) is 43.0 Å². The van der Waals surface area contributed by atoms with Crippen molar-refractivity contribution >= 4 is 0 Å². The molecule has 1 heterocycles. The fraction of sp³-hybridized carbons (Fsp3) is 0.379. The monoisotopic (exact) mass is 483 g/mol. The Morgan fingerprint density at radius 2 is 1.43 bits per heavy atom. The summed E-state index contributed by atoms with van der Waals surface area (Å²) >= 11 is 0. The molecule has 0 aliphatic carbocycles. The van der Waals surface area contributed by atoms with E-state index < -0.39 is 17.5 Å². The predicted octanol–water partition coefficient (Wildman–Crippen LogP) is 6.86. The summed E-state index contributed by atoms with van der Waals surface area (Å²) in [6.07, 6.45) is -0.966. The zero-order valence-electron chi connectivity index (χ0n) is 19.8. The van der Waals surface area contributed by atoms with E-state index in [0.29, 0.717) is 38.3 Å². The first-order valence-corrected chi connectivity index (χ1v) is 12.2. The summed E-state index contributed by atoms with van der Waals surface area (Å²) in [5, 5.41) is 0. The van der Waals surface area contributed by atoms with Crippen molar-refractivity contribution in [3.63, 3.8) is 0 Å². The van der Waals surface area contributed by atoms with Gasteiger partial charge in [-0.05, 0) is 48.4 Å². The highest BCUT2D eigenvalue weighted by atomic mass is 19.4. The van der Waals surface area contributed by atoms with Crippen LogP contribution in [0, 0.1) is 0 Å². The third-order valence-corrected chi connectivity index (χ3v) is 6.54. The average molecular weight is 484 g/mol. The maximum atomic E-state index is 13.2. The number of piperidine rings is 1. The largest absolute Gasteiger partial charge is 0.416 e. The predicted molar refractivity (Wildman–Crippen MR) is 131 cm³/mol. The SMILES string of the molecule is FC(F)(F)c1cccc(CCN2CCCCC2(COCc2ccccc2)OCc2ccccc2)c1. The Labute approximate surface area is 205 Å². The molecular formula is C29H32F3NO2. The maximum absolute atomic E-state index is 13.2. The molecule has 1 saturated heterocycles. The summed E-state index contributed by atoms with van der Waals surface area (Å²) in [4.78, 5) is 2.27. The lowest BCUT2D eigenvalue weighted by Gasteiger charge is -2.46. The van der Waals surface area contributed by atoms with Crippen molar-refractivity contribution in [1.29, 1.82) is 0 Å². The molecule has 3 aromatic rings. The van der Waals surface area contributed by atoms with Gasteiger partial charge in [0, 0.05) is 13.1 Å². The minimum Gasteiger partial charge on any atom is -0.372 e. The molecule has 1 aliphatic heterocycles. The van der Waals surface area contributed by atoms with E-state index in [2.05, 4.69) is 4.90 Å². The quantitative estimate of drug-likeness (QED) is 0.314. The van der Waals surface area contributed by atoms with Crippen molar-refractivity contribution in [2.24, 2.45) is 0 Å². The van der Waals surface area contributed by atoms with Crippen molar-refractivity contribution in [3.05, 3.63) is 107 Å². The van der Waals surface area contributed by atoms with Gasteiger partial charge in [0.25, 0.3) is 0 Å². The minimum absolute atomic E-state index is 0.400. The summed E-state index contributed by atoms with van der Waals surface area (Å²) in [6, 6.07) is 25.7. The molecule has 0 aromatic heterocycles. The molecule has 6 heteroatoms. The van der Waals surface area contributed by atoms with Crippen LogP contribution in [0.15, 0.2) is 84.9 Å². The summed E-state index contributed by atoms with van der Waals surface area (Å²) in [6.45, 7) is 2.76. The Morgan fingerprint density at radius 1 is 0.771 bits per heavy atom. The van der Waals surface area contributed by atoms with E-state index in [1.165, 1.54) is 12.1 Å². The van der Waals surface area contributed by atoms with Gasteiger partial charge in [-0.3, -0.25) is 4.90 Å². The third-order valence-electron chi connectivity index (χ3n) is 6.54. The molecular weight excluding hydrogens is 451 g/mol. The van der Waals surface area contributed by atoms with Crippen LogP contribution >= 0.6 is 0 Å². The number of alkyl halides is 3. The lowest BCUT2D eigenvalue weighted by Crippen LogP contribution is -2.57. The zero-order chi connectivity index (χ0) is 24.6. The molecule has 0 radical (unpaired) electrons. The first-order valence-electron chi connectivity index (χ1n) is 12.2. The number of benzene rings is 3. The van der Waals surface area contributed by atoms with Gasteiger partial charge < -0.3 is 9.47 Å². The summed E-state index contributed by atoms with van der Waals surface area (Å²) in [5.41, 5.74) is 1.62. The number of nitrogens with zero attached hydrogens (tertiary/aromatic N) is 1. The molecule has 0 bridgehead atoms. The second-order valence-corrected chi connectivity index (χ2v) is 9.09. The van der Waals surface area contributed by atoms with E-state index in [-0.39, 0.29) is 0 Å². The van der Waals surface area contributed by atoms with Gasteiger partial charge in [-0.1, -0.05) is 78.9 Å². The van der Waals surface area contributed by atoms with Crippen LogP contribution in [0.2, 0.25) is 0 Å². The highest BCUT2D eigenvalue weighted by Gasteiger charge is 2.40. The van der Waals surface area contributed by atoms with Gasteiger partial charge in [-0.2, -0.15) is 13.2 Å². The summed E-state index contributed by atoms with van der Waals surface area (Å²) < 4.78 is 52.3. The van der Waals surface area contributed by atoms with Crippen molar-refractivity contribution in [1.82, 2.24) is 4.90 Å². The zero-order valence-corrected chi connectivity index (χ0v) is 19.8. The van der Waals surface area contributed by atoms with E-state index in [9.17, 15) is 13.2 Å². The molecule has 0 saturated carbocycles. The Morgan fingerprint density at radius 3 is 2.11 bits per heavy atom. The number of hydrogen-bond donors (Lipinski definition) is 0. The second kappa shape index (κ2) is 11.8. The van der Waals surface area contributed by atoms with Gasteiger partial charge in [0.2, 0.25) is 0 Å². The number of likely N-dealkylation sites (tertiary alicyclic amines) is 1. The fourth-order valence-corrected chi connectivity index (χ4v) is 4.61. The van der Waals surface area contributed by atoms with E-state index in [4.69, 9.17) is 9.47 Å². The first-order chi connectivity index (χ1) is 16.9. The molecule has 1 atom stereocenters. The van der Waals surface area contributed by atoms with Crippen molar-refractivity contribution in [2.45, 2.75) is 50.8 Å². The molecule has 0 N–H and O–H groups in total. The van der Waals surface area contributed by atoms with Crippen LogP contribution in [-0.4, -0.2) is 30.3 Å². The Kier molecular flexibility index (Phi) is 8.60. The Balaban J connectivity index is 1.48. The molecule has 186 valence electrons. The lowest BCUT2D eigenvalue weighted by molar-refractivity contribution is -0.214. The maximum Gasteiger partial charge on any atom is 0.416 e. The smallest absolute Gasteiger partial charge is 0.372 e. The van der Waals surface area contributed by atoms with Gasteiger partial charge in [0.05, 0.1) is 25.4 Å². The van der Waals surface area contributed by atoms with E-state index >= 15 is 0 Å². The molecule has 0 amide bonds. The fourth-order valence-electron chi connectivity index (χ4n) is 4.61. The van der Waals surface area contributed by atoms with E-state index in [1.54, 1.807) is 6.07 Å². The summed E-state index contributed by atoms with van der Waals surface area (Å²) in [5.74, 6) is 0. The summed E-state index contributed by atoms with van der Waals surface area (Å²) in [7, 11) is 0. The van der Waals surface area contributed by atoms with Crippen LogP contribution in [0.4, 0.5) is 13.2 Å². The van der Waals surface area contributed by atoms with Crippen LogP contribution in [0.1, 0.15) is 41.5 Å². The van der Waals surface area contributed by atoms with Crippen molar-refractivity contribution < 1.29 is 22.6 Å². The normalized spacial score (nSPS) is 19.1. The van der Waals surface area contributed by atoms with Crippen LogP contribution in [0.5, 0.6) is 0 Å².